The number of hydrogen-bond acceptors (Lipinski definition) is 8. The Kier molecular flexibility index (Phi) is 8.71. The van der Waals surface area contributed by atoms with Crippen LogP contribution in [0.4, 0.5) is 28.4 Å². The summed E-state index contributed by atoms with van der Waals surface area (Å²) >= 11 is 1.75. The molecule has 8 aromatic rings. The normalized spacial score (nSPS) is 14.5. The van der Waals surface area contributed by atoms with Gasteiger partial charge >= 0.3 is 0 Å². The van der Waals surface area contributed by atoms with E-state index in [4.69, 9.17) is 19.2 Å². The number of nitrogens with zero attached hydrogens (tertiary/aromatic N) is 5. The van der Waals surface area contributed by atoms with Crippen LogP contribution in [0.2, 0.25) is 0 Å². The van der Waals surface area contributed by atoms with Gasteiger partial charge in [-0.2, -0.15) is 12.1 Å². The van der Waals surface area contributed by atoms with E-state index in [0.29, 0.717) is 11.5 Å². The average molecular weight is 1010 g/mol. The quantitative estimate of drug-likeness (QED) is 0.158. The molecule has 0 spiro atoms. The largest absolute Gasteiger partial charge is 0.509 e. The number of hydrogen-bond donors (Lipinski definition) is 0. The van der Waals surface area contributed by atoms with E-state index in [1.54, 1.807) is 11.8 Å². The van der Waals surface area contributed by atoms with E-state index in [1.807, 2.05) is 66.6 Å². The van der Waals surface area contributed by atoms with E-state index in [-0.39, 0.29) is 31.9 Å². The van der Waals surface area contributed by atoms with Crippen molar-refractivity contribution in [1.82, 2.24) is 9.55 Å². The second kappa shape index (κ2) is 13.9. The summed E-state index contributed by atoms with van der Waals surface area (Å²) in [6.07, 6.45) is 5.93. The molecule has 310 valence electrons. The molecule has 6 heterocycles. The van der Waals surface area contributed by atoms with Gasteiger partial charge in [-0.3, -0.25) is 4.90 Å². The Morgan fingerprint density at radius 3 is 2.00 bits per heavy atom. The van der Waals surface area contributed by atoms with Crippen molar-refractivity contribution in [3.8, 4) is 40.3 Å². The molecule has 2 aromatic heterocycles. The number of pyridine rings is 1. The van der Waals surface area contributed by atoms with Gasteiger partial charge in [0.2, 0.25) is 0 Å². The summed E-state index contributed by atoms with van der Waals surface area (Å²) in [6.45, 7) is 15.4. The fourth-order valence-corrected chi connectivity index (χ4v) is 9.78. The molecule has 10 heteroatoms. The number of rotatable bonds is 5. The predicted molar refractivity (Wildman–Crippen MR) is 244 cm³/mol. The first-order valence-corrected chi connectivity index (χ1v) is 21.3. The molecule has 0 amide bonds. The van der Waals surface area contributed by atoms with E-state index in [2.05, 4.69) is 141 Å². The minimum atomic E-state index is -0.0327. The van der Waals surface area contributed by atoms with Crippen LogP contribution in [0.15, 0.2) is 138 Å². The van der Waals surface area contributed by atoms with Crippen molar-refractivity contribution in [3.63, 3.8) is 0 Å². The van der Waals surface area contributed by atoms with E-state index in [1.165, 1.54) is 11.1 Å². The first-order valence-electron chi connectivity index (χ1n) is 20.5. The van der Waals surface area contributed by atoms with Crippen LogP contribution in [0.5, 0.6) is 34.5 Å². The van der Waals surface area contributed by atoms with E-state index in [0.717, 1.165) is 88.8 Å². The van der Waals surface area contributed by atoms with Gasteiger partial charge in [0, 0.05) is 71.9 Å². The summed E-state index contributed by atoms with van der Waals surface area (Å²) in [5.41, 5.74) is 9.21. The summed E-state index contributed by atoms with van der Waals surface area (Å²) in [4.78, 5) is 13.6. The number of ether oxygens (including phenoxy) is 3. The number of benzene rings is 6. The Bertz CT molecular complexity index is 3120. The standard InChI is InChI=1S/C52H40N5O3S.Pt/c1-51(2,3)31-16-19-39-38(24-31)37-18-17-36(29-40(37)56(39)47-25-32(20-21-53-47)52(4,5)6)58-35-11-7-10-33(26-35)54-22-23-55(30-54)34-27-43-48-44(28-34)60-42-13-9-15-46-50(42)57(48)49-41(59-43)12-8-14-45(49)61-46;/h7-25,27-28,30H,1-6H3;/q-3;. The molecule has 62 heavy (non-hydrogen) atoms. The van der Waals surface area contributed by atoms with E-state index >= 15 is 0 Å². The van der Waals surface area contributed by atoms with Crippen molar-refractivity contribution in [2.75, 3.05) is 14.7 Å². The maximum atomic E-state index is 6.60. The molecule has 0 atom stereocenters. The van der Waals surface area contributed by atoms with Gasteiger partial charge in [0.1, 0.15) is 22.9 Å². The average Bonchev–Trinajstić information content (AvgIpc) is 3.87. The predicted octanol–water partition coefficient (Wildman–Crippen LogP) is 14.2. The maximum Gasteiger partial charge on any atom is 0.157 e. The van der Waals surface area contributed by atoms with Crippen LogP contribution in [0.25, 0.3) is 27.6 Å². The Morgan fingerprint density at radius 2 is 1.29 bits per heavy atom. The minimum Gasteiger partial charge on any atom is -0.509 e. The summed E-state index contributed by atoms with van der Waals surface area (Å²) in [7, 11) is 0. The maximum absolute atomic E-state index is 6.60. The van der Waals surface area contributed by atoms with Crippen molar-refractivity contribution in [3.05, 3.63) is 158 Å². The Morgan fingerprint density at radius 1 is 0.629 bits per heavy atom. The van der Waals surface area contributed by atoms with Crippen molar-refractivity contribution in [2.45, 2.75) is 62.2 Å². The topological polar surface area (TPSA) is 55.2 Å². The van der Waals surface area contributed by atoms with Gasteiger partial charge in [0.15, 0.2) is 23.0 Å². The van der Waals surface area contributed by atoms with Gasteiger partial charge < -0.3 is 28.6 Å². The van der Waals surface area contributed by atoms with Crippen LogP contribution < -0.4 is 28.9 Å². The molecule has 0 fully saturated rings. The molecule has 0 N–H and O–H groups in total. The number of fused-ring (bicyclic) bond motifs is 3. The van der Waals surface area contributed by atoms with Crippen LogP contribution in [0.3, 0.4) is 0 Å². The van der Waals surface area contributed by atoms with Gasteiger partial charge in [-0.1, -0.05) is 83.1 Å². The molecule has 4 aliphatic rings. The SMILES string of the molecule is CC(C)(C)c1ccnc(-n2c3[c-]c(Oc4[c-]c(N5C=CN(c6cc7c8c(c6)Oc6cccc9c6N8c6c(cccc6S9)O7)[CH-]5)ccc4)ccc3c3cc(C(C)(C)C)ccc32)c1.[Pt]. The van der Waals surface area contributed by atoms with Crippen LogP contribution in [0.1, 0.15) is 52.7 Å². The minimum absolute atomic E-state index is 0. The number of aromatic nitrogens is 2. The molecule has 8 nitrogen and oxygen atoms in total. The Hall–Kier alpha value is -6.15. The van der Waals surface area contributed by atoms with Crippen LogP contribution >= 0.6 is 11.8 Å². The molecule has 12 rings (SSSR count). The van der Waals surface area contributed by atoms with Crippen LogP contribution in [-0.4, -0.2) is 9.55 Å². The van der Waals surface area contributed by atoms with Crippen molar-refractivity contribution < 1.29 is 35.3 Å². The summed E-state index contributed by atoms with van der Waals surface area (Å²) in [5, 5.41) is 2.25. The second-order valence-corrected chi connectivity index (χ2v) is 19.0. The molecule has 4 aliphatic heterocycles. The number of para-hydroxylation sites is 2. The Labute approximate surface area is 379 Å². The Balaban J connectivity index is 0.00000432. The number of anilines is 5. The fraction of sp³-hybridized carbons (Fsp3) is 0.154. The van der Waals surface area contributed by atoms with Crippen LogP contribution in [0, 0.1) is 18.8 Å². The summed E-state index contributed by atoms with van der Waals surface area (Å²) in [5.74, 6) is 5.16. The molecule has 0 radical (unpaired) electrons. The van der Waals surface area contributed by atoms with Crippen LogP contribution in [-0.2, 0) is 31.9 Å². The molecule has 0 aliphatic carbocycles. The summed E-state index contributed by atoms with van der Waals surface area (Å²) in [6, 6.07) is 44.8. The smallest absolute Gasteiger partial charge is 0.157 e. The van der Waals surface area contributed by atoms with Gasteiger partial charge in [0.25, 0.3) is 0 Å². The zero-order chi connectivity index (χ0) is 41.4. The van der Waals surface area contributed by atoms with Gasteiger partial charge in [0.05, 0.1) is 0 Å². The monoisotopic (exact) mass is 1010 g/mol. The van der Waals surface area contributed by atoms with E-state index in [9.17, 15) is 0 Å². The second-order valence-electron chi connectivity index (χ2n) is 17.9. The third kappa shape index (κ3) is 6.11. The molecule has 6 aromatic carbocycles. The zero-order valence-electron chi connectivity index (χ0n) is 34.9. The molecule has 0 saturated carbocycles. The first-order chi connectivity index (χ1) is 29.4. The molecule has 0 saturated heterocycles. The third-order valence-electron chi connectivity index (χ3n) is 11.8. The van der Waals surface area contributed by atoms with Crippen molar-refractivity contribution in [2.24, 2.45) is 0 Å². The zero-order valence-corrected chi connectivity index (χ0v) is 38.0. The first kappa shape index (κ1) is 38.7. The van der Waals surface area contributed by atoms with Gasteiger partial charge in [-0.15, -0.1) is 48.1 Å². The van der Waals surface area contributed by atoms with Crippen molar-refractivity contribution in [1.29, 1.82) is 0 Å². The van der Waals surface area contributed by atoms with E-state index < -0.39 is 0 Å². The molecular weight excluding hydrogens is 970 g/mol. The summed E-state index contributed by atoms with van der Waals surface area (Å²) < 4.78 is 22.0. The molecule has 0 unspecified atom stereocenters. The van der Waals surface area contributed by atoms with Crippen molar-refractivity contribution >= 4 is 62.0 Å². The van der Waals surface area contributed by atoms with Gasteiger partial charge in [-0.05, 0) is 82.2 Å². The van der Waals surface area contributed by atoms with Gasteiger partial charge in [-0.25, -0.2) is 4.98 Å². The molecular formula is C52H40N5O3PtS-3. The fourth-order valence-electron chi connectivity index (χ4n) is 8.67. The molecule has 0 bridgehead atoms. The third-order valence-corrected chi connectivity index (χ3v) is 12.9.